The van der Waals surface area contributed by atoms with Gasteiger partial charge >= 0.3 is 0 Å². The molecule has 1 aromatic carbocycles. The molecule has 0 spiro atoms. The normalized spacial score (nSPS) is 21.3. The molecule has 1 saturated carbocycles. The van der Waals surface area contributed by atoms with Crippen LogP contribution in [0.4, 0.5) is 15.8 Å². The first-order chi connectivity index (χ1) is 12.1. The smallest absolute Gasteiger partial charge is 0.232 e. The topological polar surface area (TPSA) is 50.8 Å². The van der Waals surface area contributed by atoms with Crippen molar-refractivity contribution in [2.45, 2.75) is 38.0 Å². The number of benzene rings is 1. The number of carbonyl (C=O) groups is 1. The van der Waals surface area contributed by atoms with Crippen molar-refractivity contribution >= 4 is 28.9 Å². The summed E-state index contributed by atoms with van der Waals surface area (Å²) in [7, 11) is 0. The van der Waals surface area contributed by atoms with E-state index in [0.29, 0.717) is 18.9 Å². The summed E-state index contributed by atoms with van der Waals surface area (Å²) in [5.41, 5.74) is 1.47. The Morgan fingerprint density at radius 1 is 1.36 bits per heavy atom. The number of anilines is 2. The van der Waals surface area contributed by atoms with E-state index >= 15 is 0 Å². The van der Waals surface area contributed by atoms with E-state index in [-0.39, 0.29) is 18.4 Å². The van der Waals surface area contributed by atoms with Gasteiger partial charge in [-0.2, -0.15) is 0 Å². The van der Waals surface area contributed by atoms with Crippen LogP contribution < -0.4 is 10.2 Å². The Morgan fingerprint density at radius 3 is 2.60 bits per heavy atom. The fraction of sp³-hybridized carbons (Fsp3) is 0.611. The summed E-state index contributed by atoms with van der Waals surface area (Å²) >= 11 is 6.64. The number of alkyl halides is 2. The monoisotopic (exact) mass is 370 g/mol. The Hall–Kier alpha value is -1.37. The molecule has 1 fully saturated rings. The van der Waals surface area contributed by atoms with Crippen LogP contribution in [0.25, 0.3) is 0 Å². The molecule has 5 nitrogen and oxygen atoms in total. The number of nitrogens with zero attached hydrogens (tertiary/aromatic N) is 1. The van der Waals surface area contributed by atoms with E-state index < -0.39 is 18.0 Å². The predicted octanol–water partition coefficient (Wildman–Crippen LogP) is 3.62. The SMILES string of the molecule is CCOC1(OCC)c2cc(NC(=O)C3CC3)ccc2N(CCF)C1Cl. The fourth-order valence-corrected chi connectivity index (χ4v) is 3.72. The molecule has 3 rings (SSSR count). The lowest BCUT2D eigenvalue weighted by Gasteiger charge is -2.34. The van der Waals surface area contributed by atoms with Gasteiger partial charge in [-0.1, -0.05) is 11.6 Å². The fourth-order valence-electron chi connectivity index (χ4n) is 3.28. The summed E-state index contributed by atoms with van der Waals surface area (Å²) in [5.74, 6) is -1.05. The molecule has 0 aromatic heterocycles. The molecule has 138 valence electrons. The number of halogens is 2. The zero-order chi connectivity index (χ0) is 18.0. The minimum absolute atomic E-state index is 0.0272. The van der Waals surface area contributed by atoms with E-state index in [1.165, 1.54) is 0 Å². The third-order valence-corrected chi connectivity index (χ3v) is 5.05. The summed E-state index contributed by atoms with van der Waals surface area (Å²) in [5, 5.41) is 2.93. The first-order valence-corrected chi connectivity index (χ1v) is 9.21. The van der Waals surface area contributed by atoms with Gasteiger partial charge in [-0.15, -0.1) is 0 Å². The molecule has 1 N–H and O–H groups in total. The van der Waals surface area contributed by atoms with Gasteiger partial charge in [0.05, 0.1) is 0 Å². The van der Waals surface area contributed by atoms with Crippen LogP contribution >= 0.6 is 11.6 Å². The third-order valence-electron chi connectivity index (χ3n) is 4.53. The van der Waals surface area contributed by atoms with Gasteiger partial charge in [-0.05, 0) is 44.9 Å². The van der Waals surface area contributed by atoms with Crippen LogP contribution in [0.3, 0.4) is 0 Å². The largest absolute Gasteiger partial charge is 0.347 e. The highest BCUT2D eigenvalue weighted by molar-refractivity contribution is 6.23. The van der Waals surface area contributed by atoms with Crippen molar-refractivity contribution in [1.82, 2.24) is 0 Å². The second kappa shape index (κ2) is 7.48. The van der Waals surface area contributed by atoms with Crippen LogP contribution in [0.15, 0.2) is 18.2 Å². The molecule has 1 aliphatic heterocycles. The van der Waals surface area contributed by atoms with Gasteiger partial charge in [0.15, 0.2) is 5.50 Å². The number of hydrogen-bond acceptors (Lipinski definition) is 4. The number of rotatable bonds is 8. The van der Waals surface area contributed by atoms with Gasteiger partial charge in [0, 0.05) is 42.6 Å². The minimum Gasteiger partial charge on any atom is -0.347 e. The molecule has 1 atom stereocenters. The number of carbonyl (C=O) groups excluding carboxylic acids is 1. The van der Waals surface area contributed by atoms with Crippen LogP contribution in [0.2, 0.25) is 0 Å². The summed E-state index contributed by atoms with van der Waals surface area (Å²) in [6.07, 6.45) is 1.87. The van der Waals surface area contributed by atoms with E-state index in [1.54, 1.807) is 4.90 Å². The molecular formula is C18H24ClFN2O3. The highest BCUT2D eigenvalue weighted by Crippen LogP contribution is 2.49. The Labute approximate surface area is 152 Å². The van der Waals surface area contributed by atoms with Gasteiger partial charge in [0.2, 0.25) is 11.7 Å². The van der Waals surface area contributed by atoms with Gasteiger partial charge in [-0.25, -0.2) is 4.39 Å². The summed E-state index contributed by atoms with van der Waals surface area (Å²) in [6.45, 7) is 4.13. The Kier molecular flexibility index (Phi) is 5.51. The molecule has 1 heterocycles. The van der Waals surface area contributed by atoms with Gasteiger partial charge in [-0.3, -0.25) is 4.79 Å². The minimum atomic E-state index is -1.18. The van der Waals surface area contributed by atoms with E-state index in [0.717, 1.165) is 24.1 Å². The van der Waals surface area contributed by atoms with Crippen molar-refractivity contribution in [2.75, 3.05) is 36.6 Å². The number of nitrogens with one attached hydrogen (secondary N) is 1. The zero-order valence-electron chi connectivity index (χ0n) is 14.6. The van der Waals surface area contributed by atoms with Crippen LogP contribution in [0.5, 0.6) is 0 Å². The maximum absolute atomic E-state index is 13.0. The number of fused-ring (bicyclic) bond motifs is 1. The molecule has 0 radical (unpaired) electrons. The van der Waals surface area contributed by atoms with Crippen LogP contribution in [-0.2, 0) is 20.1 Å². The van der Waals surface area contributed by atoms with E-state index in [4.69, 9.17) is 21.1 Å². The molecule has 25 heavy (non-hydrogen) atoms. The van der Waals surface area contributed by atoms with Crippen molar-refractivity contribution in [1.29, 1.82) is 0 Å². The Balaban J connectivity index is 1.99. The third kappa shape index (κ3) is 3.35. The number of hydrogen-bond donors (Lipinski definition) is 1. The first-order valence-electron chi connectivity index (χ1n) is 8.77. The Bertz CT molecular complexity index is 633. The number of amides is 1. The molecular weight excluding hydrogens is 347 g/mol. The lowest BCUT2D eigenvalue weighted by molar-refractivity contribution is -0.238. The van der Waals surface area contributed by atoms with Crippen LogP contribution in [-0.4, -0.2) is 37.8 Å². The van der Waals surface area contributed by atoms with Crippen molar-refractivity contribution in [3.63, 3.8) is 0 Å². The molecule has 2 aliphatic rings. The van der Waals surface area contributed by atoms with Crippen molar-refractivity contribution < 1.29 is 18.7 Å². The quantitative estimate of drug-likeness (QED) is 0.431. The average Bonchev–Trinajstić information content (AvgIpc) is 3.41. The molecule has 7 heteroatoms. The highest BCUT2D eigenvalue weighted by atomic mass is 35.5. The molecule has 0 saturated heterocycles. The average molecular weight is 371 g/mol. The lowest BCUT2D eigenvalue weighted by Crippen LogP contribution is -2.45. The van der Waals surface area contributed by atoms with Crippen molar-refractivity contribution in [3.8, 4) is 0 Å². The summed E-state index contributed by atoms with van der Waals surface area (Å²) in [6, 6.07) is 5.47. The van der Waals surface area contributed by atoms with Gasteiger partial charge in [0.25, 0.3) is 0 Å². The lowest BCUT2D eigenvalue weighted by atomic mass is 10.1. The summed E-state index contributed by atoms with van der Waals surface area (Å²) < 4.78 is 24.9. The predicted molar refractivity (Wildman–Crippen MR) is 95.7 cm³/mol. The van der Waals surface area contributed by atoms with E-state index in [2.05, 4.69) is 5.32 Å². The van der Waals surface area contributed by atoms with Crippen molar-refractivity contribution in [3.05, 3.63) is 23.8 Å². The van der Waals surface area contributed by atoms with E-state index in [1.807, 2.05) is 32.0 Å². The zero-order valence-corrected chi connectivity index (χ0v) is 15.3. The maximum atomic E-state index is 13.0. The summed E-state index contributed by atoms with van der Waals surface area (Å²) in [4.78, 5) is 13.8. The van der Waals surface area contributed by atoms with Crippen molar-refractivity contribution in [2.24, 2.45) is 5.92 Å². The number of ether oxygens (including phenoxy) is 2. The highest BCUT2D eigenvalue weighted by Gasteiger charge is 2.53. The van der Waals surface area contributed by atoms with Gasteiger partial charge in [0.1, 0.15) is 6.67 Å². The second-order valence-corrected chi connectivity index (χ2v) is 6.66. The maximum Gasteiger partial charge on any atom is 0.232 e. The standard InChI is InChI=1S/C18H24ClFN2O3/c1-3-24-18(25-4-2)14-11-13(21-16(23)12-5-6-12)7-8-15(14)22(10-9-20)17(18)19/h7-8,11-12,17H,3-6,9-10H2,1-2H3,(H,21,23). The first kappa shape index (κ1) is 18.4. The van der Waals surface area contributed by atoms with Crippen LogP contribution in [0, 0.1) is 5.92 Å². The van der Waals surface area contributed by atoms with Crippen LogP contribution in [0.1, 0.15) is 32.3 Å². The molecule has 1 aromatic rings. The van der Waals surface area contributed by atoms with E-state index in [9.17, 15) is 9.18 Å². The molecule has 1 aliphatic carbocycles. The van der Waals surface area contributed by atoms with Gasteiger partial charge < -0.3 is 19.7 Å². The Morgan fingerprint density at radius 2 is 2.04 bits per heavy atom. The molecule has 1 amide bonds. The second-order valence-electron chi connectivity index (χ2n) is 6.25. The molecule has 0 bridgehead atoms. The molecule has 1 unspecified atom stereocenters.